The molecule has 0 aliphatic carbocycles. The topological polar surface area (TPSA) is 92.9 Å². The van der Waals surface area contributed by atoms with Crippen molar-refractivity contribution in [3.8, 4) is 0 Å². The van der Waals surface area contributed by atoms with Crippen LogP contribution in [0, 0.1) is 0 Å². The van der Waals surface area contributed by atoms with Gasteiger partial charge in [-0.2, -0.15) is 0 Å². The molecule has 0 atom stereocenters. The molecule has 4 N–H and O–H groups in total. The summed E-state index contributed by atoms with van der Waals surface area (Å²) in [5.41, 5.74) is 9.54. The quantitative estimate of drug-likeness (QED) is 0.455. The monoisotopic (exact) mass is 404 g/mol. The van der Waals surface area contributed by atoms with Crippen molar-refractivity contribution in [3.63, 3.8) is 0 Å². The average Bonchev–Trinajstić information content (AvgIpc) is 3.36. The summed E-state index contributed by atoms with van der Waals surface area (Å²) in [6.45, 7) is 0.972. The molecular weight excluding hydrogens is 388 g/mol. The number of para-hydroxylation sites is 2. The van der Waals surface area contributed by atoms with E-state index >= 15 is 0 Å². The van der Waals surface area contributed by atoms with Crippen molar-refractivity contribution in [1.29, 1.82) is 0 Å². The molecule has 2 amide bonds. The van der Waals surface area contributed by atoms with Gasteiger partial charge in [-0.15, -0.1) is 0 Å². The van der Waals surface area contributed by atoms with E-state index in [0.29, 0.717) is 40.4 Å². The predicted octanol–water partition coefficient (Wildman–Crippen LogP) is 3.30. The van der Waals surface area contributed by atoms with Gasteiger partial charge >= 0.3 is 0 Å². The standard InChI is InChI=1S/C22H17ClN4O2/c23-16-6-3-5-13-15(11-27(9-8-24)20(13)16)19-18(21(28)26-22(19)29)14-10-25-17-7-2-1-4-12(14)17/h1-7,10-11,25H,8-9,24H2,(H,26,28,29). The van der Waals surface area contributed by atoms with E-state index in [4.69, 9.17) is 17.3 Å². The molecule has 144 valence electrons. The summed E-state index contributed by atoms with van der Waals surface area (Å²) in [5.74, 6) is -0.821. The highest BCUT2D eigenvalue weighted by Gasteiger charge is 2.35. The number of halogens is 1. The van der Waals surface area contributed by atoms with Crippen molar-refractivity contribution < 1.29 is 9.59 Å². The first-order chi connectivity index (χ1) is 14.1. The Hall–Kier alpha value is -3.35. The van der Waals surface area contributed by atoms with E-state index in [1.165, 1.54) is 0 Å². The lowest BCUT2D eigenvalue weighted by Gasteiger charge is -2.03. The third-order valence-corrected chi connectivity index (χ3v) is 5.58. The number of carbonyl (C=O) groups excluding carboxylic acids is 2. The first-order valence-electron chi connectivity index (χ1n) is 9.24. The fraction of sp³-hybridized carbons (Fsp3) is 0.0909. The molecule has 1 aliphatic heterocycles. The van der Waals surface area contributed by atoms with E-state index in [1.54, 1.807) is 12.3 Å². The number of hydrogen-bond acceptors (Lipinski definition) is 3. The van der Waals surface area contributed by atoms with Gasteiger partial charge in [-0.25, -0.2) is 0 Å². The first kappa shape index (κ1) is 17.7. The largest absolute Gasteiger partial charge is 0.361 e. The predicted molar refractivity (Wildman–Crippen MR) is 114 cm³/mol. The number of amides is 2. The Morgan fingerprint density at radius 1 is 0.931 bits per heavy atom. The van der Waals surface area contributed by atoms with Gasteiger partial charge in [0.15, 0.2) is 0 Å². The van der Waals surface area contributed by atoms with Crippen LogP contribution in [0.15, 0.2) is 54.9 Å². The number of rotatable bonds is 4. The summed E-state index contributed by atoms with van der Waals surface area (Å²) in [4.78, 5) is 28.8. The number of nitrogens with zero attached hydrogens (tertiary/aromatic N) is 1. The molecule has 0 radical (unpaired) electrons. The zero-order valence-electron chi connectivity index (χ0n) is 15.3. The van der Waals surface area contributed by atoms with Crippen molar-refractivity contribution in [1.82, 2.24) is 14.9 Å². The first-order valence-corrected chi connectivity index (χ1v) is 9.62. The number of carbonyl (C=O) groups is 2. The maximum Gasteiger partial charge on any atom is 0.259 e. The summed E-state index contributed by atoms with van der Waals surface area (Å²) in [6, 6.07) is 13.2. The second kappa shape index (κ2) is 6.62. The smallest absolute Gasteiger partial charge is 0.259 e. The highest BCUT2D eigenvalue weighted by atomic mass is 35.5. The summed E-state index contributed by atoms with van der Waals surface area (Å²) < 4.78 is 1.93. The molecule has 0 fully saturated rings. The lowest BCUT2D eigenvalue weighted by atomic mass is 9.95. The number of fused-ring (bicyclic) bond motifs is 2. The molecular formula is C22H17ClN4O2. The molecule has 7 heteroatoms. The highest BCUT2D eigenvalue weighted by Crippen LogP contribution is 2.39. The van der Waals surface area contributed by atoms with Gasteiger partial charge in [-0.05, 0) is 12.1 Å². The van der Waals surface area contributed by atoms with Crippen molar-refractivity contribution in [2.24, 2.45) is 5.73 Å². The fourth-order valence-electron chi connectivity index (χ4n) is 4.08. The Balaban J connectivity index is 1.85. The van der Waals surface area contributed by atoms with Crippen LogP contribution in [0.4, 0.5) is 0 Å². The maximum absolute atomic E-state index is 12.9. The molecule has 0 spiro atoms. The maximum atomic E-state index is 12.9. The third kappa shape index (κ3) is 2.61. The van der Waals surface area contributed by atoms with Crippen LogP contribution in [-0.2, 0) is 16.1 Å². The number of nitrogens with two attached hydrogens (primary N) is 1. The Morgan fingerprint density at radius 3 is 2.45 bits per heavy atom. The van der Waals surface area contributed by atoms with Crippen LogP contribution in [0.5, 0.6) is 0 Å². The lowest BCUT2D eigenvalue weighted by Crippen LogP contribution is -2.22. The second-order valence-corrected chi connectivity index (χ2v) is 7.35. The van der Waals surface area contributed by atoms with E-state index in [-0.39, 0.29) is 0 Å². The summed E-state index contributed by atoms with van der Waals surface area (Å²) >= 11 is 6.45. The van der Waals surface area contributed by atoms with Gasteiger partial charge in [0.1, 0.15) is 0 Å². The van der Waals surface area contributed by atoms with Crippen molar-refractivity contribution in [3.05, 3.63) is 71.0 Å². The third-order valence-electron chi connectivity index (χ3n) is 5.28. The number of benzene rings is 2. The van der Waals surface area contributed by atoms with Gasteiger partial charge in [0.25, 0.3) is 11.8 Å². The molecule has 1 aliphatic rings. The number of aromatic nitrogens is 2. The molecule has 29 heavy (non-hydrogen) atoms. The Labute approximate surface area is 170 Å². The van der Waals surface area contributed by atoms with Gasteiger partial charge in [-0.3, -0.25) is 14.9 Å². The summed E-state index contributed by atoms with van der Waals surface area (Å²) in [7, 11) is 0. The lowest BCUT2D eigenvalue weighted by molar-refractivity contribution is -0.122. The summed E-state index contributed by atoms with van der Waals surface area (Å²) in [5, 5.41) is 4.72. The van der Waals surface area contributed by atoms with Gasteiger partial charge in [-0.1, -0.05) is 41.9 Å². The molecule has 6 nitrogen and oxygen atoms in total. The van der Waals surface area contributed by atoms with Gasteiger partial charge in [0.05, 0.1) is 21.7 Å². The Morgan fingerprint density at radius 2 is 1.66 bits per heavy atom. The van der Waals surface area contributed by atoms with Crippen LogP contribution in [-0.4, -0.2) is 27.9 Å². The number of aromatic amines is 1. The fourth-order valence-corrected chi connectivity index (χ4v) is 4.36. The van der Waals surface area contributed by atoms with Gasteiger partial charge < -0.3 is 15.3 Å². The van der Waals surface area contributed by atoms with Crippen molar-refractivity contribution in [2.75, 3.05) is 6.54 Å². The van der Waals surface area contributed by atoms with Crippen LogP contribution >= 0.6 is 11.6 Å². The van der Waals surface area contributed by atoms with Crippen molar-refractivity contribution >= 4 is 56.4 Å². The van der Waals surface area contributed by atoms with Crippen LogP contribution in [0.2, 0.25) is 5.02 Å². The molecule has 0 saturated carbocycles. The minimum absolute atomic E-state index is 0.350. The van der Waals surface area contributed by atoms with E-state index in [2.05, 4.69) is 10.3 Å². The molecule has 4 aromatic rings. The number of imide groups is 1. The molecule has 0 unspecified atom stereocenters. The van der Waals surface area contributed by atoms with E-state index in [1.807, 2.05) is 47.2 Å². The van der Waals surface area contributed by atoms with Crippen LogP contribution in [0.1, 0.15) is 11.1 Å². The van der Waals surface area contributed by atoms with Crippen molar-refractivity contribution in [2.45, 2.75) is 6.54 Å². The number of H-pyrrole nitrogens is 1. The number of nitrogens with one attached hydrogen (secondary N) is 2. The van der Waals surface area contributed by atoms with E-state index in [9.17, 15) is 9.59 Å². The highest BCUT2D eigenvalue weighted by molar-refractivity contribution is 6.51. The second-order valence-electron chi connectivity index (χ2n) is 6.94. The Kier molecular flexibility index (Phi) is 4.04. The van der Waals surface area contributed by atoms with Crippen LogP contribution < -0.4 is 11.1 Å². The molecule has 0 saturated heterocycles. The summed E-state index contributed by atoms with van der Waals surface area (Å²) in [6.07, 6.45) is 3.62. The molecule has 0 bridgehead atoms. The minimum Gasteiger partial charge on any atom is -0.361 e. The molecule has 2 aromatic carbocycles. The molecule has 2 aromatic heterocycles. The zero-order valence-corrected chi connectivity index (χ0v) is 16.1. The molecule has 3 heterocycles. The average molecular weight is 405 g/mol. The van der Waals surface area contributed by atoms with Crippen LogP contribution in [0.25, 0.3) is 33.0 Å². The molecule has 5 rings (SSSR count). The Bertz CT molecular complexity index is 1350. The minimum atomic E-state index is -0.415. The van der Waals surface area contributed by atoms with E-state index < -0.39 is 11.8 Å². The van der Waals surface area contributed by atoms with Crippen LogP contribution in [0.3, 0.4) is 0 Å². The van der Waals surface area contributed by atoms with E-state index in [0.717, 1.165) is 21.8 Å². The normalized spacial score (nSPS) is 14.4. The number of hydrogen-bond donors (Lipinski definition) is 3. The van der Waals surface area contributed by atoms with Gasteiger partial charge in [0.2, 0.25) is 0 Å². The SMILES string of the molecule is NCCn1cc(C2=C(c3c[nH]c4ccccc34)C(=O)NC2=O)c2cccc(Cl)c21. The van der Waals surface area contributed by atoms with Gasteiger partial charge in [0, 0.05) is 52.9 Å². The zero-order chi connectivity index (χ0) is 20.1.